The fraction of sp³-hybridized carbons (Fsp3) is 0.455. The molecule has 4 rings (SSSR count). The monoisotopic (exact) mass is 526 g/mol. The summed E-state index contributed by atoms with van der Waals surface area (Å²) in [5, 5.41) is -0.0669. The van der Waals surface area contributed by atoms with Gasteiger partial charge in [0, 0.05) is 0 Å². The highest BCUT2D eigenvalue weighted by atomic mass is 35.5. The maximum atomic E-state index is 14.8. The summed E-state index contributed by atoms with van der Waals surface area (Å²) >= 11 is 5.70. The van der Waals surface area contributed by atoms with E-state index in [1.54, 1.807) is 0 Å². The lowest BCUT2D eigenvalue weighted by atomic mass is 9.77. The van der Waals surface area contributed by atoms with Gasteiger partial charge >= 0.3 is 0 Å². The lowest BCUT2D eigenvalue weighted by Gasteiger charge is -2.28. The Balaban J connectivity index is 1.21. The van der Waals surface area contributed by atoms with Crippen LogP contribution in [-0.4, -0.2) is 0 Å². The summed E-state index contributed by atoms with van der Waals surface area (Å²) in [5.41, 5.74) is 3.50. The van der Waals surface area contributed by atoms with Gasteiger partial charge in [-0.05, 0) is 96.9 Å². The molecule has 3 aromatic rings. The third-order valence-electron chi connectivity index (χ3n) is 8.05. The van der Waals surface area contributed by atoms with Gasteiger partial charge in [0.15, 0.2) is 0 Å². The minimum atomic E-state index is -0.687. The van der Waals surface area contributed by atoms with E-state index in [0.717, 1.165) is 24.8 Å². The van der Waals surface area contributed by atoms with Crippen LogP contribution in [0.25, 0.3) is 11.1 Å². The topological polar surface area (TPSA) is 0 Å². The number of hydrogen-bond donors (Lipinski definition) is 0. The highest BCUT2D eigenvalue weighted by Crippen LogP contribution is 2.35. The maximum absolute atomic E-state index is 14.8. The molecule has 1 fully saturated rings. The molecule has 0 heterocycles. The van der Waals surface area contributed by atoms with Crippen molar-refractivity contribution in [2.75, 3.05) is 0 Å². The standard InChI is InChI=1S/C33H38ClF3/c1-2-3-4-5-23-6-8-24(9-7-23)10-11-25-12-14-26(15-13-25)16-17-27-20-31(36)33(32(37)21-27)28-18-19-29(34)30(35)22-28/h6-9,18-22,25-26H,2-5,10-17H2,1H3. The van der Waals surface area contributed by atoms with Gasteiger partial charge in [0.2, 0.25) is 0 Å². The highest BCUT2D eigenvalue weighted by molar-refractivity contribution is 6.30. The molecular weight excluding hydrogens is 489 g/mol. The van der Waals surface area contributed by atoms with Crippen LogP contribution in [0.3, 0.4) is 0 Å². The maximum Gasteiger partial charge on any atom is 0.142 e. The van der Waals surface area contributed by atoms with Crippen LogP contribution in [0, 0.1) is 29.3 Å². The van der Waals surface area contributed by atoms with E-state index in [9.17, 15) is 13.2 Å². The van der Waals surface area contributed by atoms with E-state index in [0.29, 0.717) is 17.9 Å². The van der Waals surface area contributed by atoms with Gasteiger partial charge in [-0.3, -0.25) is 0 Å². The van der Waals surface area contributed by atoms with Crippen LogP contribution in [0.5, 0.6) is 0 Å². The fourth-order valence-electron chi connectivity index (χ4n) is 5.70. The van der Waals surface area contributed by atoms with Gasteiger partial charge in [-0.2, -0.15) is 0 Å². The number of aryl methyl sites for hydroxylation is 3. The molecule has 3 aromatic carbocycles. The molecule has 0 bridgehead atoms. The second kappa shape index (κ2) is 13.5. The Bertz CT molecular complexity index is 1120. The summed E-state index contributed by atoms with van der Waals surface area (Å²) in [6.07, 6.45) is 13.9. The van der Waals surface area contributed by atoms with Crippen LogP contribution in [0.1, 0.15) is 81.4 Å². The Morgan fingerprint density at radius 1 is 0.649 bits per heavy atom. The van der Waals surface area contributed by atoms with Gasteiger partial charge in [0.25, 0.3) is 0 Å². The zero-order chi connectivity index (χ0) is 26.2. The van der Waals surface area contributed by atoms with Crippen molar-refractivity contribution in [2.45, 2.75) is 84.0 Å². The normalized spacial score (nSPS) is 17.8. The Morgan fingerprint density at radius 3 is 1.73 bits per heavy atom. The quantitative estimate of drug-likeness (QED) is 0.218. The molecule has 0 amide bonds. The summed E-state index contributed by atoms with van der Waals surface area (Å²) in [7, 11) is 0. The average Bonchev–Trinajstić information content (AvgIpc) is 2.89. The van der Waals surface area contributed by atoms with E-state index in [4.69, 9.17) is 11.6 Å². The minimum Gasteiger partial charge on any atom is -0.206 e. The molecule has 0 aliphatic heterocycles. The molecule has 0 unspecified atom stereocenters. The summed E-state index contributed by atoms with van der Waals surface area (Å²) in [6, 6.07) is 15.8. The molecule has 1 aliphatic carbocycles. The summed E-state index contributed by atoms with van der Waals surface area (Å²) < 4.78 is 43.3. The van der Waals surface area contributed by atoms with Gasteiger partial charge in [-0.25, -0.2) is 13.2 Å². The van der Waals surface area contributed by atoms with Crippen molar-refractivity contribution in [1.29, 1.82) is 0 Å². The molecule has 0 saturated heterocycles. The molecular formula is C33H38ClF3. The first-order chi connectivity index (χ1) is 17.9. The third kappa shape index (κ3) is 7.87. The Hall–Kier alpha value is -2.26. The number of unbranched alkanes of at least 4 members (excludes halogenated alkanes) is 2. The molecule has 0 atom stereocenters. The SMILES string of the molecule is CCCCCc1ccc(CCC2CCC(CCc3cc(F)c(-c4ccc(Cl)c(F)c4)c(F)c3)CC2)cc1. The van der Waals surface area contributed by atoms with Crippen molar-refractivity contribution < 1.29 is 13.2 Å². The molecule has 0 spiro atoms. The first kappa shape index (κ1) is 27.8. The van der Waals surface area contributed by atoms with Gasteiger partial charge in [0.1, 0.15) is 17.5 Å². The van der Waals surface area contributed by atoms with E-state index in [-0.39, 0.29) is 16.1 Å². The van der Waals surface area contributed by atoms with Gasteiger partial charge < -0.3 is 0 Å². The molecule has 37 heavy (non-hydrogen) atoms. The number of halogens is 4. The van der Waals surface area contributed by atoms with Crippen molar-refractivity contribution >= 4 is 11.6 Å². The Labute approximate surface area is 225 Å². The van der Waals surface area contributed by atoms with Crippen LogP contribution in [-0.2, 0) is 19.3 Å². The van der Waals surface area contributed by atoms with Crippen molar-refractivity contribution in [2.24, 2.45) is 11.8 Å². The van der Waals surface area contributed by atoms with Gasteiger partial charge in [0.05, 0.1) is 10.6 Å². The lowest BCUT2D eigenvalue weighted by Crippen LogP contribution is -2.16. The number of rotatable bonds is 11. The zero-order valence-corrected chi connectivity index (χ0v) is 22.6. The van der Waals surface area contributed by atoms with Crippen LogP contribution in [0.2, 0.25) is 5.02 Å². The smallest absolute Gasteiger partial charge is 0.142 e. The first-order valence-corrected chi connectivity index (χ1v) is 14.3. The summed E-state index contributed by atoms with van der Waals surface area (Å²) in [6.45, 7) is 2.24. The van der Waals surface area contributed by atoms with Crippen LogP contribution in [0.15, 0.2) is 54.6 Å². The lowest BCUT2D eigenvalue weighted by molar-refractivity contribution is 0.253. The van der Waals surface area contributed by atoms with Crippen molar-refractivity contribution in [3.8, 4) is 11.1 Å². The van der Waals surface area contributed by atoms with E-state index in [1.807, 2.05) is 0 Å². The third-order valence-corrected chi connectivity index (χ3v) is 8.36. The van der Waals surface area contributed by atoms with Crippen LogP contribution < -0.4 is 0 Å². The van der Waals surface area contributed by atoms with E-state index in [1.165, 1.54) is 93.2 Å². The summed E-state index contributed by atoms with van der Waals surface area (Å²) in [4.78, 5) is 0. The average molecular weight is 527 g/mol. The molecule has 4 heteroatoms. The second-order valence-electron chi connectivity index (χ2n) is 10.8. The molecule has 1 aliphatic rings. The number of hydrogen-bond acceptors (Lipinski definition) is 0. The van der Waals surface area contributed by atoms with Crippen LogP contribution in [0.4, 0.5) is 13.2 Å². The Morgan fingerprint density at radius 2 is 1.19 bits per heavy atom. The van der Waals surface area contributed by atoms with Crippen LogP contribution >= 0.6 is 11.6 Å². The molecule has 0 nitrogen and oxygen atoms in total. The van der Waals surface area contributed by atoms with E-state index < -0.39 is 17.5 Å². The Kier molecular flexibility index (Phi) is 10.1. The van der Waals surface area contributed by atoms with Gasteiger partial charge in [-0.15, -0.1) is 0 Å². The number of benzene rings is 3. The highest BCUT2D eigenvalue weighted by Gasteiger charge is 2.22. The molecule has 0 aromatic heterocycles. The van der Waals surface area contributed by atoms with Crippen molar-refractivity contribution in [3.63, 3.8) is 0 Å². The zero-order valence-electron chi connectivity index (χ0n) is 21.8. The summed E-state index contributed by atoms with van der Waals surface area (Å²) in [5.74, 6) is -0.624. The van der Waals surface area contributed by atoms with Crippen molar-refractivity contribution in [3.05, 3.63) is 93.8 Å². The molecule has 198 valence electrons. The van der Waals surface area contributed by atoms with Crippen molar-refractivity contribution in [1.82, 2.24) is 0 Å². The molecule has 1 saturated carbocycles. The first-order valence-electron chi connectivity index (χ1n) is 13.9. The predicted octanol–water partition coefficient (Wildman–Crippen LogP) is 10.5. The van der Waals surface area contributed by atoms with E-state index in [2.05, 4.69) is 31.2 Å². The largest absolute Gasteiger partial charge is 0.206 e. The fourth-order valence-corrected chi connectivity index (χ4v) is 5.82. The molecule has 0 N–H and O–H groups in total. The minimum absolute atomic E-state index is 0.0669. The molecule has 0 radical (unpaired) electrons. The van der Waals surface area contributed by atoms with E-state index >= 15 is 0 Å². The predicted molar refractivity (Wildman–Crippen MR) is 149 cm³/mol. The van der Waals surface area contributed by atoms with Gasteiger partial charge in [-0.1, -0.05) is 87.4 Å². The second-order valence-corrected chi connectivity index (χ2v) is 11.2.